The second kappa shape index (κ2) is 7.14. The minimum Gasteiger partial charge on any atom is -0.496 e. The minimum atomic E-state index is -0.201. The number of hydrogen-bond acceptors (Lipinski definition) is 4. The molecule has 0 radical (unpaired) electrons. The Bertz CT molecular complexity index is 429. The number of rotatable bonds is 6. The number of ether oxygens (including phenoxy) is 2. The zero-order chi connectivity index (χ0) is 14.4. The number of carbonyl (C=O) groups excluding carboxylic acids is 1. The number of nitrogens with zero attached hydrogens (tertiary/aromatic N) is 1. The van der Waals surface area contributed by atoms with Gasteiger partial charge in [0.25, 0.3) is 0 Å². The van der Waals surface area contributed by atoms with E-state index < -0.39 is 0 Å². The molecular weight excluding hydrogens is 242 g/mol. The zero-order valence-corrected chi connectivity index (χ0v) is 12.4. The van der Waals surface area contributed by atoms with Gasteiger partial charge in [-0.2, -0.15) is 0 Å². The first-order valence-corrected chi connectivity index (χ1v) is 6.43. The molecule has 0 amide bonds. The fourth-order valence-electron chi connectivity index (χ4n) is 2.12. The van der Waals surface area contributed by atoms with E-state index >= 15 is 0 Å². The summed E-state index contributed by atoms with van der Waals surface area (Å²) in [5, 5.41) is 0. The smallest absolute Gasteiger partial charge is 0.307 e. The van der Waals surface area contributed by atoms with Crippen LogP contribution in [0.25, 0.3) is 0 Å². The van der Waals surface area contributed by atoms with Crippen LogP contribution in [0.2, 0.25) is 0 Å². The van der Waals surface area contributed by atoms with E-state index in [1.807, 2.05) is 31.1 Å². The van der Waals surface area contributed by atoms with E-state index in [0.717, 1.165) is 23.3 Å². The van der Waals surface area contributed by atoms with E-state index in [4.69, 9.17) is 9.47 Å². The van der Waals surface area contributed by atoms with Crippen LogP contribution in [0.3, 0.4) is 0 Å². The van der Waals surface area contributed by atoms with Gasteiger partial charge in [0.05, 0.1) is 20.6 Å². The third-order valence-corrected chi connectivity index (χ3v) is 3.28. The van der Waals surface area contributed by atoms with Crippen molar-refractivity contribution in [3.8, 4) is 5.75 Å². The Kier molecular flexibility index (Phi) is 5.83. The van der Waals surface area contributed by atoms with E-state index in [9.17, 15) is 4.79 Å². The van der Waals surface area contributed by atoms with Crippen LogP contribution in [0, 0.1) is 0 Å². The van der Waals surface area contributed by atoms with Crippen molar-refractivity contribution in [2.75, 3.05) is 28.3 Å². The molecule has 1 aromatic rings. The van der Waals surface area contributed by atoms with Gasteiger partial charge in [-0.1, -0.05) is 19.1 Å². The summed E-state index contributed by atoms with van der Waals surface area (Å²) in [5.41, 5.74) is 2.25. The highest BCUT2D eigenvalue weighted by Gasteiger charge is 2.19. The van der Waals surface area contributed by atoms with Gasteiger partial charge in [-0.3, -0.25) is 4.79 Å². The molecule has 0 spiro atoms. The van der Waals surface area contributed by atoms with Crippen LogP contribution in [0.15, 0.2) is 18.2 Å². The number of aryl methyl sites for hydroxylation is 1. The first-order valence-electron chi connectivity index (χ1n) is 6.43. The highest BCUT2D eigenvalue weighted by Crippen LogP contribution is 2.28. The summed E-state index contributed by atoms with van der Waals surface area (Å²) >= 11 is 0. The maximum absolute atomic E-state index is 11.5. The van der Waals surface area contributed by atoms with Crippen molar-refractivity contribution in [2.45, 2.75) is 25.8 Å². The molecule has 1 rings (SSSR count). The van der Waals surface area contributed by atoms with Gasteiger partial charge in [0.2, 0.25) is 0 Å². The molecule has 4 nitrogen and oxygen atoms in total. The molecule has 106 valence electrons. The van der Waals surface area contributed by atoms with Gasteiger partial charge < -0.3 is 14.4 Å². The highest BCUT2D eigenvalue weighted by atomic mass is 16.5. The molecule has 19 heavy (non-hydrogen) atoms. The van der Waals surface area contributed by atoms with Crippen LogP contribution in [-0.2, 0) is 16.0 Å². The molecular formula is C15H23NO3. The van der Waals surface area contributed by atoms with Crippen LogP contribution in [0.5, 0.6) is 5.75 Å². The summed E-state index contributed by atoms with van der Waals surface area (Å²) in [6.45, 7) is 2.09. The Morgan fingerprint density at radius 3 is 2.47 bits per heavy atom. The molecule has 0 aliphatic heterocycles. The van der Waals surface area contributed by atoms with Crippen LogP contribution < -0.4 is 4.74 Å². The number of esters is 1. The summed E-state index contributed by atoms with van der Waals surface area (Å²) in [5.74, 6) is 0.689. The molecule has 0 aliphatic carbocycles. The van der Waals surface area contributed by atoms with Gasteiger partial charge >= 0.3 is 5.97 Å². The number of benzene rings is 1. The molecule has 0 bridgehead atoms. The summed E-state index contributed by atoms with van der Waals surface area (Å²) in [4.78, 5) is 13.5. The van der Waals surface area contributed by atoms with E-state index in [-0.39, 0.29) is 12.0 Å². The van der Waals surface area contributed by atoms with Crippen molar-refractivity contribution in [1.82, 2.24) is 4.90 Å². The second-order valence-electron chi connectivity index (χ2n) is 4.68. The Morgan fingerprint density at radius 2 is 2.00 bits per heavy atom. The number of methoxy groups -OCH3 is 2. The molecule has 4 heteroatoms. The molecule has 1 aromatic carbocycles. The van der Waals surface area contributed by atoms with Gasteiger partial charge in [-0.05, 0) is 37.7 Å². The van der Waals surface area contributed by atoms with Crippen LogP contribution in [0.4, 0.5) is 0 Å². The Morgan fingerprint density at radius 1 is 1.32 bits per heavy atom. The predicted octanol–water partition coefficient (Wildman–Crippen LogP) is 2.42. The molecule has 1 atom stereocenters. The Hall–Kier alpha value is -1.55. The molecule has 0 aromatic heterocycles. The predicted molar refractivity (Wildman–Crippen MR) is 75.4 cm³/mol. The maximum atomic E-state index is 11.5. The molecule has 0 saturated carbocycles. The Labute approximate surface area is 115 Å². The lowest BCUT2D eigenvalue weighted by atomic mass is 9.99. The average Bonchev–Trinajstić information content (AvgIpc) is 2.43. The van der Waals surface area contributed by atoms with Crippen molar-refractivity contribution in [3.05, 3.63) is 29.3 Å². The molecule has 1 unspecified atom stereocenters. The molecule has 0 aliphatic rings. The summed E-state index contributed by atoms with van der Waals surface area (Å²) < 4.78 is 10.1. The first-order chi connectivity index (χ1) is 9.03. The van der Waals surface area contributed by atoms with Crippen molar-refractivity contribution >= 4 is 5.97 Å². The fraction of sp³-hybridized carbons (Fsp3) is 0.533. The van der Waals surface area contributed by atoms with Gasteiger partial charge in [-0.25, -0.2) is 0 Å². The lowest BCUT2D eigenvalue weighted by molar-refractivity contribution is -0.141. The zero-order valence-electron chi connectivity index (χ0n) is 12.4. The van der Waals surface area contributed by atoms with Crippen LogP contribution in [0.1, 0.15) is 30.5 Å². The van der Waals surface area contributed by atoms with Gasteiger partial charge in [0.15, 0.2) is 0 Å². The lowest BCUT2D eigenvalue weighted by Crippen LogP contribution is -2.23. The topological polar surface area (TPSA) is 38.8 Å². The fourth-order valence-corrected chi connectivity index (χ4v) is 2.12. The van der Waals surface area contributed by atoms with E-state index in [0.29, 0.717) is 6.42 Å². The average molecular weight is 265 g/mol. The van der Waals surface area contributed by atoms with Gasteiger partial charge in [-0.15, -0.1) is 0 Å². The van der Waals surface area contributed by atoms with Crippen molar-refractivity contribution in [1.29, 1.82) is 0 Å². The van der Waals surface area contributed by atoms with Crippen LogP contribution >= 0.6 is 0 Å². The number of carbonyl (C=O) groups is 1. The minimum absolute atomic E-state index is 0.0173. The normalized spacial score (nSPS) is 12.3. The van der Waals surface area contributed by atoms with Crippen molar-refractivity contribution in [2.24, 2.45) is 0 Å². The second-order valence-corrected chi connectivity index (χ2v) is 4.68. The highest BCUT2D eigenvalue weighted by molar-refractivity contribution is 5.70. The quantitative estimate of drug-likeness (QED) is 0.740. The third kappa shape index (κ3) is 3.96. The molecule has 0 saturated heterocycles. The number of hydrogen-bond donors (Lipinski definition) is 0. The maximum Gasteiger partial charge on any atom is 0.307 e. The Balaban J connectivity index is 3.05. The lowest BCUT2D eigenvalue weighted by Gasteiger charge is -2.24. The van der Waals surface area contributed by atoms with E-state index in [1.165, 1.54) is 7.11 Å². The van der Waals surface area contributed by atoms with Gasteiger partial charge in [0, 0.05) is 6.04 Å². The van der Waals surface area contributed by atoms with Gasteiger partial charge in [0.1, 0.15) is 5.75 Å². The van der Waals surface area contributed by atoms with Crippen LogP contribution in [-0.4, -0.2) is 39.2 Å². The summed E-state index contributed by atoms with van der Waals surface area (Å²) in [6.07, 6.45) is 1.24. The SMILES string of the molecule is CCc1cc(C(CC(=O)OC)N(C)C)ccc1OC. The van der Waals surface area contributed by atoms with E-state index in [1.54, 1.807) is 7.11 Å². The monoisotopic (exact) mass is 265 g/mol. The molecule has 0 N–H and O–H groups in total. The van der Waals surface area contributed by atoms with E-state index in [2.05, 4.69) is 13.0 Å². The molecule has 0 fully saturated rings. The molecule has 0 heterocycles. The van der Waals surface area contributed by atoms with Crippen molar-refractivity contribution < 1.29 is 14.3 Å². The first kappa shape index (κ1) is 15.5. The summed E-state index contributed by atoms with van der Waals surface area (Å²) in [6, 6.07) is 6.09. The van der Waals surface area contributed by atoms with Crippen molar-refractivity contribution in [3.63, 3.8) is 0 Å². The standard InChI is InChI=1S/C15H23NO3/c1-6-11-9-12(7-8-14(11)18-4)13(16(2)3)10-15(17)19-5/h7-9,13H,6,10H2,1-5H3. The summed E-state index contributed by atoms with van der Waals surface area (Å²) in [7, 11) is 7.01. The third-order valence-electron chi connectivity index (χ3n) is 3.28. The largest absolute Gasteiger partial charge is 0.496 e.